The zero-order valence-electron chi connectivity index (χ0n) is 9.01. The van der Waals surface area contributed by atoms with Gasteiger partial charge < -0.3 is 4.79 Å². The molecule has 4 heteroatoms. The van der Waals surface area contributed by atoms with E-state index in [1.807, 2.05) is 18.2 Å². The van der Waals surface area contributed by atoms with Crippen molar-refractivity contribution in [2.24, 2.45) is 0 Å². The van der Waals surface area contributed by atoms with Crippen molar-refractivity contribution in [2.75, 3.05) is 0 Å². The third kappa shape index (κ3) is 31.6. The third-order valence-electron chi connectivity index (χ3n) is 0.940. The van der Waals surface area contributed by atoms with E-state index in [4.69, 9.17) is 34.8 Å². The number of aryl methyl sites for hydroxylation is 1. The van der Waals surface area contributed by atoms with E-state index < -0.39 is 4.30 Å². The molecule has 0 amide bonds. The molecule has 0 atom stereocenters. The molecule has 0 unspecified atom stereocenters. The predicted molar refractivity (Wildman–Crippen MR) is 68.9 cm³/mol. The summed E-state index contributed by atoms with van der Waals surface area (Å²) in [6, 6.07) is 10.3. The lowest BCUT2D eigenvalue weighted by Gasteiger charge is -1.82. The molecule has 0 spiro atoms. The number of carbonyl (C=O) groups excluding carboxylic acids is 1. The fourth-order valence-electron chi connectivity index (χ4n) is 0.534. The minimum atomic E-state index is -0.750. The normalized spacial score (nSPS) is 8.20. The van der Waals surface area contributed by atoms with Gasteiger partial charge >= 0.3 is 0 Å². The van der Waals surface area contributed by atoms with Gasteiger partial charge in [0.1, 0.15) is 5.78 Å². The molecule has 0 bridgehead atoms. The molecule has 0 saturated heterocycles. The van der Waals surface area contributed by atoms with Crippen LogP contribution in [0.15, 0.2) is 30.3 Å². The zero-order chi connectivity index (χ0) is 12.3. The van der Waals surface area contributed by atoms with Gasteiger partial charge in [-0.15, -0.1) is 0 Å². The maximum Gasteiger partial charge on any atom is 0.180 e. The van der Waals surface area contributed by atoms with Gasteiger partial charge in [0.05, 0.1) is 0 Å². The summed E-state index contributed by atoms with van der Waals surface area (Å²) in [5.41, 5.74) is 1.32. The zero-order valence-corrected chi connectivity index (χ0v) is 11.3. The van der Waals surface area contributed by atoms with Crippen LogP contribution in [0.25, 0.3) is 0 Å². The van der Waals surface area contributed by atoms with E-state index in [9.17, 15) is 4.79 Å². The summed E-state index contributed by atoms with van der Waals surface area (Å²) >= 11 is 14.4. The van der Waals surface area contributed by atoms with Crippen LogP contribution in [-0.4, -0.2) is 10.1 Å². The van der Waals surface area contributed by atoms with Gasteiger partial charge in [0.25, 0.3) is 0 Å². The second kappa shape index (κ2) is 11.8. The van der Waals surface area contributed by atoms with Crippen molar-refractivity contribution < 1.29 is 4.79 Å². The minimum Gasteiger partial charge on any atom is -0.300 e. The van der Waals surface area contributed by atoms with Crippen LogP contribution in [0.5, 0.6) is 0 Å². The Morgan fingerprint density at radius 2 is 1.33 bits per heavy atom. The monoisotopic (exact) mass is 268 g/mol. The van der Waals surface area contributed by atoms with Crippen LogP contribution in [0.2, 0.25) is 0 Å². The van der Waals surface area contributed by atoms with Crippen molar-refractivity contribution in [1.29, 1.82) is 0 Å². The highest BCUT2D eigenvalue weighted by atomic mass is 35.6. The van der Waals surface area contributed by atoms with Crippen molar-refractivity contribution in [2.45, 2.75) is 25.1 Å². The number of alkyl halides is 3. The number of hydrogen-bond donors (Lipinski definition) is 0. The van der Waals surface area contributed by atoms with Crippen molar-refractivity contribution in [1.82, 2.24) is 0 Å². The van der Waals surface area contributed by atoms with Crippen LogP contribution in [-0.2, 0) is 4.79 Å². The topological polar surface area (TPSA) is 17.1 Å². The van der Waals surface area contributed by atoms with Crippen LogP contribution in [0.1, 0.15) is 19.4 Å². The number of benzene rings is 1. The first-order valence-electron chi connectivity index (χ1n) is 4.27. The number of rotatable bonds is 0. The molecule has 0 heterocycles. The molecular formula is C11H15Cl3O. The SMILES string of the molecule is CC(C)=O.Cc1ccccc1.ClC(Cl)Cl. The second-order valence-corrected chi connectivity index (χ2v) is 4.79. The quantitative estimate of drug-likeness (QED) is 0.630. The molecule has 1 aromatic rings. The Hall–Kier alpha value is -0.240. The smallest absolute Gasteiger partial charge is 0.180 e. The highest BCUT2D eigenvalue weighted by molar-refractivity contribution is 6.63. The van der Waals surface area contributed by atoms with E-state index in [1.54, 1.807) is 0 Å². The Labute approximate surface area is 106 Å². The fraction of sp³-hybridized carbons (Fsp3) is 0.364. The van der Waals surface area contributed by atoms with Crippen LogP contribution < -0.4 is 0 Å². The summed E-state index contributed by atoms with van der Waals surface area (Å²) in [6.45, 7) is 5.14. The van der Waals surface area contributed by atoms with Crippen molar-refractivity contribution in [3.8, 4) is 0 Å². The standard InChI is InChI=1S/C7H8.C3H6O.CHCl3/c1-7-5-3-2-4-6-7;1-3(2)4;2-1(3)4/h2-6H,1H3;1-2H3;1H. The Bertz CT molecular complexity index is 241. The molecule has 0 radical (unpaired) electrons. The molecule has 86 valence electrons. The molecule has 1 nitrogen and oxygen atoms in total. The Kier molecular flexibility index (Phi) is 13.5. The maximum atomic E-state index is 9.44. The molecule has 0 aliphatic heterocycles. The first-order chi connectivity index (χ1) is 6.86. The summed E-state index contributed by atoms with van der Waals surface area (Å²) in [4.78, 5) is 9.44. The van der Waals surface area contributed by atoms with Gasteiger partial charge in [0, 0.05) is 0 Å². The van der Waals surface area contributed by atoms with Gasteiger partial charge in [0.2, 0.25) is 0 Å². The second-order valence-electron chi connectivity index (χ2n) is 2.81. The average molecular weight is 270 g/mol. The van der Waals surface area contributed by atoms with Crippen LogP contribution in [0.3, 0.4) is 0 Å². The highest BCUT2D eigenvalue weighted by Gasteiger charge is 1.78. The Balaban J connectivity index is 0. The number of carbonyl (C=O) groups is 1. The molecule has 0 aromatic heterocycles. The van der Waals surface area contributed by atoms with Crippen LogP contribution in [0.4, 0.5) is 0 Å². The first kappa shape index (κ1) is 17.2. The Morgan fingerprint density at radius 3 is 1.47 bits per heavy atom. The fourth-order valence-corrected chi connectivity index (χ4v) is 0.534. The van der Waals surface area contributed by atoms with Gasteiger partial charge in [0.15, 0.2) is 4.30 Å². The number of Topliss-reactive ketones (excluding diaryl/α,β-unsaturated/α-hetero) is 1. The predicted octanol–water partition coefficient (Wildman–Crippen LogP) is 4.58. The number of hydrogen-bond acceptors (Lipinski definition) is 1. The molecule has 0 fully saturated rings. The first-order valence-corrected chi connectivity index (χ1v) is 5.58. The van der Waals surface area contributed by atoms with Crippen LogP contribution in [0, 0.1) is 6.92 Å². The molecule has 1 rings (SSSR count). The number of halogens is 3. The molecule has 15 heavy (non-hydrogen) atoms. The maximum absolute atomic E-state index is 9.44. The van der Waals surface area contributed by atoms with Crippen molar-refractivity contribution >= 4 is 40.6 Å². The molecular weight excluding hydrogens is 254 g/mol. The summed E-state index contributed by atoms with van der Waals surface area (Å²) in [5.74, 6) is 0.167. The molecule has 0 aliphatic carbocycles. The highest BCUT2D eigenvalue weighted by Crippen LogP contribution is 2.03. The van der Waals surface area contributed by atoms with E-state index in [-0.39, 0.29) is 5.78 Å². The Morgan fingerprint density at radius 1 is 1.07 bits per heavy atom. The molecule has 0 N–H and O–H groups in total. The van der Waals surface area contributed by atoms with Crippen molar-refractivity contribution in [3.63, 3.8) is 0 Å². The molecule has 1 aromatic carbocycles. The average Bonchev–Trinajstić information content (AvgIpc) is 2.03. The van der Waals surface area contributed by atoms with E-state index >= 15 is 0 Å². The largest absolute Gasteiger partial charge is 0.300 e. The van der Waals surface area contributed by atoms with Gasteiger partial charge in [-0.25, -0.2) is 0 Å². The lowest BCUT2D eigenvalue weighted by atomic mass is 10.2. The summed E-state index contributed by atoms with van der Waals surface area (Å²) in [6.07, 6.45) is 0. The lowest BCUT2D eigenvalue weighted by Crippen LogP contribution is -1.69. The van der Waals surface area contributed by atoms with E-state index in [2.05, 4.69) is 19.1 Å². The molecule has 0 saturated carbocycles. The summed E-state index contributed by atoms with van der Waals surface area (Å²) in [7, 11) is 0. The van der Waals surface area contributed by atoms with Crippen LogP contribution >= 0.6 is 34.8 Å². The lowest BCUT2D eigenvalue weighted by molar-refractivity contribution is -0.114. The number of ketones is 1. The van der Waals surface area contributed by atoms with Gasteiger partial charge in [-0.05, 0) is 20.8 Å². The van der Waals surface area contributed by atoms with E-state index in [0.29, 0.717) is 0 Å². The molecule has 0 aliphatic rings. The van der Waals surface area contributed by atoms with Crippen molar-refractivity contribution in [3.05, 3.63) is 35.9 Å². The van der Waals surface area contributed by atoms with E-state index in [0.717, 1.165) is 0 Å². The summed E-state index contributed by atoms with van der Waals surface area (Å²) < 4.78 is -0.750. The van der Waals surface area contributed by atoms with E-state index in [1.165, 1.54) is 19.4 Å². The van der Waals surface area contributed by atoms with Gasteiger partial charge in [-0.1, -0.05) is 70.7 Å². The minimum absolute atomic E-state index is 0.167. The van der Waals surface area contributed by atoms with Gasteiger partial charge in [-0.2, -0.15) is 0 Å². The third-order valence-corrected chi connectivity index (χ3v) is 0.940. The van der Waals surface area contributed by atoms with Gasteiger partial charge in [-0.3, -0.25) is 0 Å². The summed E-state index contributed by atoms with van der Waals surface area (Å²) in [5, 5.41) is 0.